The second kappa shape index (κ2) is 13.6. The SMILES string of the molecule is CCOC(=O)C1=C(C)N=c2s/c(=C\c3ccc(OC)c(CSc4nc(C(F)F)cc(C)c4C#N)c3)c(=O)n2[C@@H]1c1ccccc1. The number of esters is 1. The number of nitriles is 1. The number of hydrogen-bond acceptors (Lipinski definition) is 9. The molecule has 0 N–H and O–H groups in total. The molecule has 0 saturated heterocycles. The van der Waals surface area contributed by atoms with Crippen molar-refractivity contribution in [2.45, 2.75) is 44.0 Å². The van der Waals surface area contributed by atoms with Crippen molar-refractivity contribution in [3.8, 4) is 11.8 Å². The number of aromatic nitrogens is 2. The van der Waals surface area contributed by atoms with E-state index in [2.05, 4.69) is 16.0 Å². The van der Waals surface area contributed by atoms with Gasteiger partial charge in [-0.25, -0.2) is 23.6 Å². The molecule has 0 radical (unpaired) electrons. The lowest BCUT2D eigenvalue weighted by Gasteiger charge is -2.24. The van der Waals surface area contributed by atoms with Crippen LogP contribution in [0.2, 0.25) is 0 Å². The third kappa shape index (κ3) is 6.45. The minimum absolute atomic E-state index is 0.185. The van der Waals surface area contributed by atoms with Crippen LogP contribution in [0.4, 0.5) is 8.78 Å². The second-order valence-electron chi connectivity index (χ2n) is 10.0. The molecule has 2 aromatic heterocycles. The van der Waals surface area contributed by atoms with Crippen LogP contribution in [0.15, 0.2) is 80.7 Å². The molecule has 2 aromatic carbocycles. The number of benzene rings is 2. The normalized spacial score (nSPS) is 14.6. The van der Waals surface area contributed by atoms with E-state index in [1.165, 1.54) is 29.1 Å². The van der Waals surface area contributed by atoms with Crippen molar-refractivity contribution >= 4 is 35.1 Å². The summed E-state index contributed by atoms with van der Waals surface area (Å²) in [6.07, 6.45) is -1.02. The smallest absolute Gasteiger partial charge is 0.338 e. The molecule has 0 spiro atoms. The number of pyridine rings is 1. The van der Waals surface area contributed by atoms with Crippen molar-refractivity contribution in [3.63, 3.8) is 0 Å². The first-order valence-corrected chi connectivity index (χ1v) is 15.7. The van der Waals surface area contributed by atoms with Gasteiger partial charge in [-0.1, -0.05) is 47.7 Å². The van der Waals surface area contributed by atoms with Crippen LogP contribution in [-0.2, 0) is 15.3 Å². The highest BCUT2D eigenvalue weighted by molar-refractivity contribution is 7.98. The summed E-state index contributed by atoms with van der Waals surface area (Å²) in [6.45, 7) is 5.25. The fourth-order valence-electron chi connectivity index (χ4n) is 5.06. The zero-order valence-electron chi connectivity index (χ0n) is 24.8. The molecule has 5 rings (SSSR count). The lowest BCUT2D eigenvalue weighted by atomic mass is 9.96. The fraction of sp³-hybridized carbons (Fsp3) is 0.242. The highest BCUT2D eigenvalue weighted by atomic mass is 32.2. The van der Waals surface area contributed by atoms with Gasteiger partial charge in [0.15, 0.2) is 4.80 Å². The van der Waals surface area contributed by atoms with Crippen LogP contribution in [0.1, 0.15) is 59.8 Å². The van der Waals surface area contributed by atoms with Crippen LogP contribution >= 0.6 is 23.1 Å². The molecule has 0 bridgehead atoms. The van der Waals surface area contributed by atoms with E-state index >= 15 is 0 Å². The lowest BCUT2D eigenvalue weighted by molar-refractivity contribution is -0.139. The van der Waals surface area contributed by atoms with Gasteiger partial charge in [0.1, 0.15) is 22.5 Å². The molecular weight excluding hydrogens is 619 g/mol. The Morgan fingerprint density at radius 2 is 1.96 bits per heavy atom. The van der Waals surface area contributed by atoms with E-state index in [9.17, 15) is 23.6 Å². The minimum atomic E-state index is -2.76. The van der Waals surface area contributed by atoms with Crippen LogP contribution < -0.4 is 19.6 Å². The van der Waals surface area contributed by atoms with Gasteiger partial charge in [-0.05, 0) is 61.7 Å². The lowest BCUT2D eigenvalue weighted by Crippen LogP contribution is -2.39. The number of nitrogens with zero attached hydrogens (tertiary/aromatic N) is 4. The van der Waals surface area contributed by atoms with E-state index in [4.69, 9.17) is 9.47 Å². The van der Waals surface area contributed by atoms with Crippen molar-refractivity contribution in [1.29, 1.82) is 5.26 Å². The summed E-state index contributed by atoms with van der Waals surface area (Å²) in [6, 6.07) is 17.3. The Morgan fingerprint density at radius 3 is 2.62 bits per heavy atom. The quantitative estimate of drug-likeness (QED) is 0.172. The summed E-state index contributed by atoms with van der Waals surface area (Å²) in [5.41, 5.74) is 2.93. The second-order valence-corrected chi connectivity index (χ2v) is 12.0. The first-order valence-electron chi connectivity index (χ1n) is 13.9. The largest absolute Gasteiger partial charge is 0.496 e. The maximum atomic E-state index is 13.9. The minimum Gasteiger partial charge on any atom is -0.496 e. The summed E-state index contributed by atoms with van der Waals surface area (Å²) >= 11 is 2.37. The van der Waals surface area contributed by atoms with Gasteiger partial charge in [0, 0.05) is 11.3 Å². The Labute approximate surface area is 266 Å². The van der Waals surface area contributed by atoms with E-state index in [0.717, 1.165) is 22.9 Å². The van der Waals surface area contributed by atoms with Crippen LogP contribution in [0.5, 0.6) is 5.75 Å². The Hall–Kier alpha value is -4.60. The van der Waals surface area contributed by atoms with Crippen molar-refractivity contribution in [2.24, 2.45) is 4.99 Å². The molecule has 4 aromatic rings. The zero-order valence-corrected chi connectivity index (χ0v) is 26.5. The third-order valence-electron chi connectivity index (χ3n) is 7.14. The van der Waals surface area contributed by atoms with Gasteiger partial charge >= 0.3 is 5.97 Å². The number of hydrogen-bond donors (Lipinski definition) is 0. The first kappa shape index (κ1) is 31.8. The maximum Gasteiger partial charge on any atom is 0.338 e. The van der Waals surface area contributed by atoms with Gasteiger partial charge in [-0.15, -0.1) is 11.8 Å². The highest BCUT2D eigenvalue weighted by Gasteiger charge is 2.33. The number of allylic oxidation sites excluding steroid dienone is 1. The van der Waals surface area contributed by atoms with Crippen molar-refractivity contribution in [1.82, 2.24) is 9.55 Å². The summed E-state index contributed by atoms with van der Waals surface area (Å²) in [5, 5.41) is 9.83. The molecule has 0 amide bonds. The summed E-state index contributed by atoms with van der Waals surface area (Å²) in [7, 11) is 1.52. The molecule has 8 nitrogen and oxygen atoms in total. The molecule has 0 fully saturated rings. The van der Waals surface area contributed by atoms with E-state index in [0.29, 0.717) is 37.5 Å². The number of aryl methyl sites for hydroxylation is 1. The Bertz CT molecular complexity index is 2030. The Balaban J connectivity index is 1.56. The number of alkyl halides is 2. The van der Waals surface area contributed by atoms with Crippen LogP contribution in [0.25, 0.3) is 6.08 Å². The van der Waals surface area contributed by atoms with Gasteiger partial charge in [0.25, 0.3) is 12.0 Å². The predicted octanol–water partition coefficient (Wildman–Crippen LogP) is 5.61. The number of halogens is 2. The number of rotatable bonds is 9. The van der Waals surface area contributed by atoms with Crippen molar-refractivity contribution in [2.75, 3.05) is 13.7 Å². The molecule has 1 atom stereocenters. The van der Waals surface area contributed by atoms with Gasteiger partial charge < -0.3 is 9.47 Å². The molecule has 0 unspecified atom stereocenters. The fourth-order valence-corrected chi connectivity index (χ4v) is 7.15. The van der Waals surface area contributed by atoms with Gasteiger partial charge in [-0.2, -0.15) is 5.26 Å². The Kier molecular flexibility index (Phi) is 9.60. The van der Waals surface area contributed by atoms with Gasteiger partial charge in [-0.3, -0.25) is 9.36 Å². The third-order valence-corrected chi connectivity index (χ3v) is 9.14. The molecule has 45 heavy (non-hydrogen) atoms. The molecule has 0 saturated carbocycles. The summed E-state index contributed by atoms with van der Waals surface area (Å²) in [4.78, 5) is 36.1. The number of thiazole rings is 1. The molecule has 1 aliphatic heterocycles. The van der Waals surface area contributed by atoms with Gasteiger partial charge in [0.05, 0.1) is 41.1 Å². The average Bonchev–Trinajstić information content (AvgIpc) is 3.33. The number of carbonyl (C=O) groups excluding carboxylic acids is 1. The van der Waals surface area contributed by atoms with E-state index < -0.39 is 18.4 Å². The number of ether oxygens (including phenoxy) is 2. The maximum absolute atomic E-state index is 13.9. The average molecular weight is 647 g/mol. The molecule has 3 heterocycles. The van der Waals surface area contributed by atoms with E-state index in [1.54, 1.807) is 39.0 Å². The zero-order chi connectivity index (χ0) is 32.2. The molecule has 0 aliphatic carbocycles. The number of thioether (sulfide) groups is 1. The molecule has 12 heteroatoms. The topological polar surface area (TPSA) is 107 Å². The van der Waals surface area contributed by atoms with Gasteiger partial charge in [0.2, 0.25) is 0 Å². The monoisotopic (exact) mass is 646 g/mol. The first-order chi connectivity index (χ1) is 21.7. The molecular formula is C33H28F2N4O4S2. The number of fused-ring (bicyclic) bond motifs is 1. The molecule has 1 aliphatic rings. The number of carbonyl (C=O) groups is 1. The van der Waals surface area contributed by atoms with Crippen molar-refractivity contribution < 1.29 is 23.0 Å². The van der Waals surface area contributed by atoms with Crippen molar-refractivity contribution in [3.05, 3.63) is 119 Å². The van der Waals surface area contributed by atoms with Crippen LogP contribution in [0, 0.1) is 18.3 Å². The predicted molar refractivity (Wildman–Crippen MR) is 168 cm³/mol. The number of methoxy groups -OCH3 is 1. The van der Waals surface area contributed by atoms with E-state index in [1.807, 2.05) is 36.4 Å². The van der Waals surface area contributed by atoms with Crippen LogP contribution in [0.3, 0.4) is 0 Å². The molecule has 230 valence electrons. The summed E-state index contributed by atoms with van der Waals surface area (Å²) < 4.78 is 39.7. The standard InChI is InChI=1S/C33H28F2N4O4S2/c1-5-43-32(41)27-19(3)37-33-39(28(27)21-9-7-6-8-10-21)31(40)26(45-33)15-20-11-12-25(42-4)22(14-20)17-44-30-23(16-36)18(2)13-24(38-30)29(34)35/h6-15,28-29H,5,17H2,1-4H3/b26-15-/t28-/m1/s1. The van der Waals surface area contributed by atoms with Crippen LogP contribution in [-0.4, -0.2) is 29.2 Å². The van der Waals surface area contributed by atoms with E-state index in [-0.39, 0.29) is 34.2 Å². The Morgan fingerprint density at radius 1 is 1.20 bits per heavy atom. The highest BCUT2D eigenvalue weighted by Crippen LogP contribution is 2.33. The summed E-state index contributed by atoms with van der Waals surface area (Å²) in [5.74, 6) is 0.304.